The molecule has 176 valence electrons. The van der Waals surface area contributed by atoms with E-state index < -0.39 is 0 Å². The summed E-state index contributed by atoms with van der Waals surface area (Å²) in [7, 11) is 0. The zero-order chi connectivity index (χ0) is 23.6. The van der Waals surface area contributed by atoms with Gasteiger partial charge in [0.2, 0.25) is 5.91 Å². The summed E-state index contributed by atoms with van der Waals surface area (Å²) in [6.45, 7) is 8.20. The van der Waals surface area contributed by atoms with E-state index in [-0.39, 0.29) is 12.0 Å². The average Bonchev–Trinajstić information content (AvgIpc) is 2.86. The normalized spacial score (nSPS) is 17.5. The summed E-state index contributed by atoms with van der Waals surface area (Å²) in [5, 5.41) is 12.6. The summed E-state index contributed by atoms with van der Waals surface area (Å²) >= 11 is 0. The Kier molecular flexibility index (Phi) is 9.02. The highest BCUT2D eigenvalue weighted by atomic mass is 16.2. The molecule has 0 unspecified atom stereocenters. The predicted molar refractivity (Wildman–Crippen MR) is 130 cm³/mol. The van der Waals surface area contributed by atoms with Crippen LogP contribution in [0.25, 0.3) is 0 Å². The monoisotopic (exact) mass is 449 g/mol. The summed E-state index contributed by atoms with van der Waals surface area (Å²) < 4.78 is 0. The number of nitriles is 1. The maximum atomic E-state index is 13.0. The third kappa shape index (κ3) is 6.65. The van der Waals surface area contributed by atoms with Gasteiger partial charge in [0.05, 0.1) is 5.56 Å². The molecule has 0 spiro atoms. The van der Waals surface area contributed by atoms with Crippen LogP contribution >= 0.6 is 0 Å². The van der Waals surface area contributed by atoms with Crippen LogP contribution in [0.3, 0.4) is 0 Å². The fraction of sp³-hybridized carbons (Fsp3) is 0.520. The van der Waals surface area contributed by atoms with Crippen molar-refractivity contribution in [1.29, 1.82) is 5.26 Å². The van der Waals surface area contributed by atoms with Gasteiger partial charge in [-0.3, -0.25) is 9.69 Å². The topological polar surface area (TPSA) is 111 Å². The number of carbonyl (C=O) groups excluding carboxylic acids is 1. The molecular weight excluding hydrogens is 414 g/mol. The Bertz CT molecular complexity index is 942. The number of likely N-dealkylation sites (tertiary alicyclic amines) is 2. The quantitative estimate of drug-likeness (QED) is 0.720. The van der Waals surface area contributed by atoms with Crippen LogP contribution in [-0.4, -0.2) is 57.9 Å². The Balaban J connectivity index is 0.00000149. The lowest BCUT2D eigenvalue weighted by Gasteiger charge is -2.37. The van der Waals surface area contributed by atoms with Gasteiger partial charge in [0.1, 0.15) is 17.7 Å². The smallest absolute Gasteiger partial charge is 0.225 e. The minimum atomic E-state index is 0.115. The second kappa shape index (κ2) is 12.2. The lowest BCUT2D eigenvalue weighted by Crippen LogP contribution is -2.47. The first kappa shape index (κ1) is 24.5. The molecule has 4 heterocycles. The van der Waals surface area contributed by atoms with Crippen LogP contribution in [0.5, 0.6) is 0 Å². The molecule has 0 atom stereocenters. The number of nitrogens with one attached hydrogen (secondary N) is 1. The third-order valence-electron chi connectivity index (χ3n) is 6.26. The molecule has 0 aliphatic carbocycles. The zero-order valence-electron chi connectivity index (χ0n) is 19.7. The SMILES string of the molecule is CC.N#Cc1cccnc1NC1CCN(C(=O)C2CCN(Cc3ccnc(N)c3)CC2)CC1. The van der Waals surface area contributed by atoms with Gasteiger partial charge in [0.15, 0.2) is 0 Å². The summed E-state index contributed by atoms with van der Waals surface area (Å²) in [4.78, 5) is 25.8. The Morgan fingerprint density at radius 1 is 1.12 bits per heavy atom. The number of pyridine rings is 2. The van der Waals surface area contributed by atoms with Gasteiger partial charge >= 0.3 is 0 Å². The van der Waals surface area contributed by atoms with Crippen LogP contribution in [0.15, 0.2) is 36.7 Å². The van der Waals surface area contributed by atoms with E-state index in [1.807, 2.05) is 30.9 Å². The molecule has 3 N–H and O–H groups in total. The predicted octanol–water partition coefficient (Wildman–Crippen LogP) is 3.27. The number of aromatic nitrogens is 2. The van der Waals surface area contributed by atoms with Crippen LogP contribution in [0.4, 0.5) is 11.6 Å². The summed E-state index contributed by atoms with van der Waals surface area (Å²) in [6, 6.07) is 9.86. The number of carbonyl (C=O) groups is 1. The largest absolute Gasteiger partial charge is 0.384 e. The van der Waals surface area contributed by atoms with Crippen molar-refractivity contribution in [1.82, 2.24) is 19.8 Å². The number of hydrogen-bond acceptors (Lipinski definition) is 7. The second-order valence-electron chi connectivity index (χ2n) is 8.39. The van der Waals surface area contributed by atoms with Crippen molar-refractivity contribution in [3.63, 3.8) is 0 Å². The average molecular weight is 450 g/mol. The maximum Gasteiger partial charge on any atom is 0.225 e. The molecule has 2 aromatic heterocycles. The minimum absolute atomic E-state index is 0.115. The molecule has 0 saturated carbocycles. The zero-order valence-corrected chi connectivity index (χ0v) is 19.7. The molecule has 2 aliphatic rings. The minimum Gasteiger partial charge on any atom is -0.384 e. The van der Waals surface area contributed by atoms with Crippen molar-refractivity contribution in [2.45, 2.75) is 52.1 Å². The van der Waals surface area contributed by atoms with E-state index >= 15 is 0 Å². The number of nitrogens with zero attached hydrogens (tertiary/aromatic N) is 5. The Morgan fingerprint density at radius 2 is 1.85 bits per heavy atom. The van der Waals surface area contributed by atoms with Gasteiger partial charge in [0.25, 0.3) is 0 Å². The van der Waals surface area contributed by atoms with Crippen LogP contribution < -0.4 is 11.1 Å². The molecule has 8 heteroatoms. The molecule has 2 aromatic rings. The summed E-state index contributed by atoms with van der Waals surface area (Å²) in [5.41, 5.74) is 7.50. The molecule has 8 nitrogen and oxygen atoms in total. The van der Waals surface area contributed by atoms with Crippen LogP contribution in [0.2, 0.25) is 0 Å². The van der Waals surface area contributed by atoms with Crippen molar-refractivity contribution in [2.24, 2.45) is 5.92 Å². The van der Waals surface area contributed by atoms with E-state index in [9.17, 15) is 10.1 Å². The fourth-order valence-corrected chi connectivity index (χ4v) is 4.50. The van der Waals surface area contributed by atoms with Crippen molar-refractivity contribution in [3.8, 4) is 6.07 Å². The van der Waals surface area contributed by atoms with Crippen LogP contribution in [0, 0.1) is 17.2 Å². The molecule has 4 rings (SSSR count). The van der Waals surface area contributed by atoms with Gasteiger partial charge < -0.3 is 16.0 Å². The Hall–Kier alpha value is -3.18. The lowest BCUT2D eigenvalue weighted by atomic mass is 9.93. The van der Waals surface area contributed by atoms with Gasteiger partial charge in [-0.15, -0.1) is 0 Å². The first-order chi connectivity index (χ1) is 16.1. The van der Waals surface area contributed by atoms with Gasteiger partial charge in [0, 0.05) is 44.0 Å². The highest BCUT2D eigenvalue weighted by Crippen LogP contribution is 2.24. The van der Waals surface area contributed by atoms with E-state index in [0.29, 0.717) is 23.1 Å². The maximum absolute atomic E-state index is 13.0. The van der Waals surface area contributed by atoms with Gasteiger partial charge in [-0.25, -0.2) is 9.97 Å². The van der Waals surface area contributed by atoms with Crippen molar-refractivity contribution in [3.05, 3.63) is 47.8 Å². The van der Waals surface area contributed by atoms with E-state index in [4.69, 9.17) is 5.73 Å². The Morgan fingerprint density at radius 3 is 2.52 bits per heavy atom. The van der Waals surface area contributed by atoms with Gasteiger partial charge in [-0.1, -0.05) is 13.8 Å². The van der Waals surface area contributed by atoms with E-state index in [2.05, 4.69) is 26.3 Å². The Labute approximate surface area is 196 Å². The third-order valence-corrected chi connectivity index (χ3v) is 6.26. The van der Waals surface area contributed by atoms with Gasteiger partial charge in [-0.05, 0) is 68.6 Å². The number of anilines is 2. The van der Waals surface area contributed by atoms with Crippen molar-refractivity contribution >= 4 is 17.5 Å². The summed E-state index contributed by atoms with van der Waals surface area (Å²) in [6.07, 6.45) is 6.98. The molecule has 1 amide bonds. The number of nitrogens with two attached hydrogens (primary N) is 1. The van der Waals surface area contributed by atoms with Crippen molar-refractivity contribution in [2.75, 3.05) is 37.2 Å². The number of piperidine rings is 2. The highest BCUT2D eigenvalue weighted by molar-refractivity contribution is 5.79. The lowest BCUT2D eigenvalue weighted by molar-refractivity contribution is -0.138. The second-order valence-corrected chi connectivity index (χ2v) is 8.39. The molecule has 0 bridgehead atoms. The number of hydrogen-bond donors (Lipinski definition) is 2. The fourth-order valence-electron chi connectivity index (χ4n) is 4.50. The van der Waals surface area contributed by atoms with Crippen LogP contribution in [-0.2, 0) is 11.3 Å². The first-order valence-corrected chi connectivity index (χ1v) is 12.0. The number of amides is 1. The molecule has 0 aromatic carbocycles. The number of nitrogen functional groups attached to an aromatic ring is 1. The molecule has 33 heavy (non-hydrogen) atoms. The molecule has 0 radical (unpaired) electrons. The molecule has 2 saturated heterocycles. The first-order valence-electron chi connectivity index (χ1n) is 12.0. The van der Waals surface area contributed by atoms with Crippen molar-refractivity contribution < 1.29 is 4.79 Å². The van der Waals surface area contributed by atoms with E-state index in [0.717, 1.165) is 58.4 Å². The van der Waals surface area contributed by atoms with Gasteiger partial charge in [-0.2, -0.15) is 5.26 Å². The summed E-state index contributed by atoms with van der Waals surface area (Å²) in [5.74, 6) is 1.59. The standard InChI is InChI=1S/C23H29N7O.C2H6/c24-15-19-2-1-8-27-22(19)28-20-6-12-30(13-7-20)23(31)18-4-10-29(11-5-18)16-17-3-9-26-21(25)14-17;1-2/h1-3,8-9,14,18,20H,4-7,10-13,16H2,(H2,25,26)(H,27,28);1-2H3. The van der Waals surface area contributed by atoms with E-state index in [1.54, 1.807) is 24.5 Å². The molecule has 2 aliphatic heterocycles. The highest BCUT2D eigenvalue weighted by Gasteiger charge is 2.31. The van der Waals surface area contributed by atoms with E-state index in [1.165, 1.54) is 5.56 Å². The molecular formula is C25H35N7O. The molecule has 2 fully saturated rings. The van der Waals surface area contributed by atoms with Crippen LogP contribution in [0.1, 0.15) is 50.7 Å². The number of rotatable bonds is 5.